The van der Waals surface area contributed by atoms with Crippen molar-refractivity contribution in [1.82, 2.24) is 14.8 Å². The second kappa shape index (κ2) is 8.09. The number of hydrogen-bond acceptors (Lipinski definition) is 3. The number of nitrogens with zero attached hydrogens (tertiary/aromatic N) is 3. The van der Waals surface area contributed by atoms with Gasteiger partial charge in [-0.15, -0.1) is 0 Å². The third-order valence-electron chi connectivity index (χ3n) is 8.13. The minimum absolute atomic E-state index is 0.00166. The summed E-state index contributed by atoms with van der Waals surface area (Å²) in [7, 11) is 0. The maximum atomic E-state index is 13.2. The zero-order valence-electron chi connectivity index (χ0n) is 17.7. The molecule has 160 valence electrons. The van der Waals surface area contributed by atoms with Crippen LogP contribution >= 0.6 is 0 Å². The molecule has 3 aliphatic heterocycles. The summed E-state index contributed by atoms with van der Waals surface area (Å²) in [6.07, 6.45) is 13.2. The Balaban J connectivity index is 1.39. The van der Waals surface area contributed by atoms with E-state index in [-0.39, 0.29) is 11.9 Å². The van der Waals surface area contributed by atoms with Crippen LogP contribution in [0.1, 0.15) is 80.3 Å². The van der Waals surface area contributed by atoms with Gasteiger partial charge < -0.3 is 14.8 Å². The van der Waals surface area contributed by atoms with Gasteiger partial charge in [0.25, 0.3) is 5.91 Å². The van der Waals surface area contributed by atoms with Crippen LogP contribution in [-0.4, -0.2) is 51.8 Å². The number of nitrogens with one attached hydrogen (secondary N) is 1. The van der Waals surface area contributed by atoms with Crippen LogP contribution in [0.25, 0.3) is 0 Å². The highest BCUT2D eigenvalue weighted by Crippen LogP contribution is 2.44. The molecule has 1 aliphatic carbocycles. The van der Waals surface area contributed by atoms with Crippen LogP contribution in [0.4, 0.5) is 0 Å². The molecule has 5 rings (SSSR count). The second-order valence-electron chi connectivity index (χ2n) is 9.95. The monoisotopic (exact) mass is 408 g/mol. The van der Waals surface area contributed by atoms with Gasteiger partial charge in [-0.1, -0.05) is 32.1 Å². The van der Waals surface area contributed by atoms with E-state index in [1.165, 1.54) is 32.1 Å². The van der Waals surface area contributed by atoms with Crippen LogP contribution in [0, 0.1) is 29.1 Å². The Morgan fingerprint density at radius 1 is 1.13 bits per heavy atom. The summed E-state index contributed by atoms with van der Waals surface area (Å²) in [4.78, 5) is 33.5. The van der Waals surface area contributed by atoms with Crippen molar-refractivity contribution in [3.05, 3.63) is 23.5 Å². The minimum atomic E-state index is -0.00166. The van der Waals surface area contributed by atoms with E-state index >= 15 is 0 Å². The lowest BCUT2D eigenvalue weighted by molar-refractivity contribution is -0.153. The fourth-order valence-corrected chi connectivity index (χ4v) is 6.76. The van der Waals surface area contributed by atoms with Gasteiger partial charge in [-0.3, -0.25) is 9.59 Å². The largest absolute Gasteiger partial charge is 0.356 e. The molecular weight excluding hydrogens is 376 g/mol. The third kappa shape index (κ3) is 3.53. The number of H-pyrrole nitrogens is 1. The van der Waals surface area contributed by atoms with Gasteiger partial charge in [-0.05, 0) is 49.5 Å². The Labute approximate surface area is 178 Å². The van der Waals surface area contributed by atoms with E-state index in [1.807, 2.05) is 4.90 Å². The van der Waals surface area contributed by atoms with Gasteiger partial charge in [0.1, 0.15) is 11.8 Å². The van der Waals surface area contributed by atoms with Crippen LogP contribution in [0.5, 0.6) is 0 Å². The van der Waals surface area contributed by atoms with E-state index in [9.17, 15) is 9.59 Å². The molecule has 4 atom stereocenters. The smallest absolute Gasteiger partial charge is 0.270 e. The second-order valence-corrected chi connectivity index (χ2v) is 9.95. The molecule has 1 saturated carbocycles. The molecule has 1 aromatic heterocycles. The van der Waals surface area contributed by atoms with E-state index in [0.717, 1.165) is 44.7 Å². The minimum Gasteiger partial charge on any atom is -0.356 e. The number of hydrogen-bond donors (Lipinski definition) is 1. The Morgan fingerprint density at radius 3 is 2.70 bits per heavy atom. The molecule has 30 heavy (non-hydrogen) atoms. The normalized spacial score (nSPS) is 31.9. The van der Waals surface area contributed by atoms with Gasteiger partial charge in [-0.2, -0.15) is 5.26 Å². The van der Waals surface area contributed by atoms with Gasteiger partial charge in [0.15, 0.2) is 0 Å². The first-order valence-corrected chi connectivity index (χ1v) is 11.8. The van der Waals surface area contributed by atoms with Gasteiger partial charge in [0.05, 0.1) is 5.56 Å². The van der Waals surface area contributed by atoms with Crippen molar-refractivity contribution in [2.75, 3.05) is 13.1 Å². The summed E-state index contributed by atoms with van der Waals surface area (Å²) in [6, 6.07) is 4.33. The Kier molecular flexibility index (Phi) is 5.30. The lowest BCUT2D eigenvalue weighted by Gasteiger charge is -2.57. The number of nitriles is 1. The third-order valence-corrected chi connectivity index (χ3v) is 8.13. The lowest BCUT2D eigenvalue weighted by Crippen LogP contribution is -2.65. The zero-order chi connectivity index (χ0) is 20.7. The number of piperidine rings is 3. The number of carbonyl (C=O) groups excluding carboxylic acids is 2. The molecule has 3 saturated heterocycles. The fraction of sp³-hybridized carbons (Fsp3) is 0.708. The van der Waals surface area contributed by atoms with Gasteiger partial charge in [0.2, 0.25) is 5.91 Å². The summed E-state index contributed by atoms with van der Waals surface area (Å²) in [5.41, 5.74) is 1.00. The van der Waals surface area contributed by atoms with Crippen LogP contribution in [0.15, 0.2) is 12.3 Å². The van der Waals surface area contributed by atoms with E-state index in [0.29, 0.717) is 41.5 Å². The molecule has 2 bridgehead atoms. The number of rotatable bonds is 3. The van der Waals surface area contributed by atoms with Crippen molar-refractivity contribution in [1.29, 1.82) is 5.26 Å². The first-order valence-electron chi connectivity index (χ1n) is 11.8. The van der Waals surface area contributed by atoms with Crippen LogP contribution in [0.3, 0.4) is 0 Å². The van der Waals surface area contributed by atoms with Crippen molar-refractivity contribution in [2.45, 2.75) is 76.3 Å². The summed E-state index contributed by atoms with van der Waals surface area (Å²) in [5, 5.41) is 9.09. The average molecular weight is 409 g/mol. The van der Waals surface area contributed by atoms with Crippen LogP contribution < -0.4 is 0 Å². The molecule has 0 unspecified atom stereocenters. The number of likely N-dealkylation sites (tertiary alicyclic amines) is 1. The first kappa shape index (κ1) is 19.7. The molecule has 6 heteroatoms. The van der Waals surface area contributed by atoms with Gasteiger partial charge in [0, 0.05) is 37.8 Å². The number of aromatic amines is 1. The zero-order valence-corrected chi connectivity index (χ0v) is 17.7. The maximum Gasteiger partial charge on any atom is 0.270 e. The standard InChI is InChI=1S/C24H32N4O2/c25-12-17-9-20(26-13-17)24(30)27-14-18-11-19(15-27)22(10-16-5-2-1-3-6-16)28-21(18)7-4-8-23(28)29/h9,13,16,18-19,21-22,26H,1-8,10-11,14-15H2/t18-,19+,21+,22+/m1/s1. The first-order chi connectivity index (χ1) is 14.6. The molecule has 4 heterocycles. The lowest BCUT2D eigenvalue weighted by atomic mass is 9.69. The van der Waals surface area contributed by atoms with E-state index in [1.54, 1.807) is 12.3 Å². The maximum absolute atomic E-state index is 13.2. The number of aromatic nitrogens is 1. The van der Waals surface area contributed by atoms with E-state index in [2.05, 4.69) is 16.0 Å². The predicted molar refractivity (Wildman–Crippen MR) is 112 cm³/mol. The molecule has 4 aliphatic rings. The molecule has 0 aromatic carbocycles. The van der Waals surface area contributed by atoms with Gasteiger partial charge >= 0.3 is 0 Å². The summed E-state index contributed by atoms with van der Waals surface area (Å²) < 4.78 is 0. The van der Waals surface area contributed by atoms with Crippen molar-refractivity contribution < 1.29 is 9.59 Å². The average Bonchev–Trinajstić information content (AvgIpc) is 3.26. The molecule has 0 radical (unpaired) electrons. The molecule has 6 nitrogen and oxygen atoms in total. The van der Waals surface area contributed by atoms with E-state index in [4.69, 9.17) is 5.26 Å². The highest BCUT2D eigenvalue weighted by atomic mass is 16.2. The SMILES string of the molecule is N#Cc1c[nH]c(C(=O)N2C[C@H]3C[C@@H](C2)[C@H](CC2CCCCC2)N2C(=O)CCC[C@@H]32)c1. The summed E-state index contributed by atoms with van der Waals surface area (Å²) in [6.45, 7) is 1.45. The van der Waals surface area contributed by atoms with Crippen molar-refractivity contribution in [3.8, 4) is 6.07 Å². The Morgan fingerprint density at radius 2 is 1.93 bits per heavy atom. The number of carbonyl (C=O) groups is 2. The Bertz CT molecular complexity index is 850. The number of amides is 2. The summed E-state index contributed by atoms with van der Waals surface area (Å²) in [5.74, 6) is 1.83. The number of fused-ring (bicyclic) bond motifs is 4. The molecule has 1 aromatic rings. The van der Waals surface area contributed by atoms with Crippen molar-refractivity contribution in [3.63, 3.8) is 0 Å². The molecule has 1 N–H and O–H groups in total. The molecular formula is C24H32N4O2. The molecule has 0 spiro atoms. The molecule has 2 amide bonds. The van der Waals surface area contributed by atoms with E-state index < -0.39 is 0 Å². The van der Waals surface area contributed by atoms with Crippen molar-refractivity contribution in [2.24, 2.45) is 17.8 Å². The fourth-order valence-electron chi connectivity index (χ4n) is 6.76. The Hall–Kier alpha value is -2.29. The van der Waals surface area contributed by atoms with Crippen molar-refractivity contribution >= 4 is 11.8 Å². The summed E-state index contributed by atoms with van der Waals surface area (Å²) >= 11 is 0. The molecule has 4 fully saturated rings. The highest BCUT2D eigenvalue weighted by molar-refractivity contribution is 5.93. The van der Waals surface area contributed by atoms with Gasteiger partial charge in [-0.25, -0.2) is 0 Å². The predicted octanol–water partition coefficient (Wildman–Crippen LogP) is 3.70. The quantitative estimate of drug-likeness (QED) is 0.828. The van der Waals surface area contributed by atoms with Crippen LogP contribution in [-0.2, 0) is 4.79 Å². The highest BCUT2D eigenvalue weighted by Gasteiger charge is 2.50. The van der Waals surface area contributed by atoms with Crippen LogP contribution in [0.2, 0.25) is 0 Å². The topological polar surface area (TPSA) is 80.2 Å².